The van der Waals surface area contributed by atoms with E-state index < -0.39 is 5.82 Å². The molecule has 1 amide bonds. The van der Waals surface area contributed by atoms with Crippen LogP contribution in [0, 0.1) is 5.82 Å². The van der Waals surface area contributed by atoms with E-state index in [0.29, 0.717) is 11.6 Å². The Hall–Kier alpha value is -2.07. The molecule has 0 spiro atoms. The molecule has 2 aromatic carbocycles. The van der Waals surface area contributed by atoms with Crippen molar-refractivity contribution in [1.82, 2.24) is 5.32 Å². The number of ether oxygens (including phenoxy) is 1. The summed E-state index contributed by atoms with van der Waals surface area (Å²) in [7, 11) is 1.38. The lowest BCUT2D eigenvalue weighted by Crippen LogP contribution is -2.24. The topological polar surface area (TPSA) is 38.3 Å². The predicted octanol–water partition coefficient (Wildman–Crippen LogP) is 3.85. The van der Waals surface area contributed by atoms with E-state index in [-0.39, 0.29) is 17.2 Å². The van der Waals surface area contributed by atoms with Crippen molar-refractivity contribution in [3.05, 3.63) is 64.4 Å². The van der Waals surface area contributed by atoms with Gasteiger partial charge in [0.1, 0.15) is 0 Å². The molecule has 0 saturated heterocycles. The highest BCUT2D eigenvalue weighted by Gasteiger charge is 2.09. The fraction of sp³-hybridized carbons (Fsp3) is 0.235. The normalized spacial score (nSPS) is 10.3. The van der Waals surface area contributed by atoms with Crippen LogP contribution in [0.5, 0.6) is 5.75 Å². The molecule has 0 saturated carbocycles. The van der Waals surface area contributed by atoms with Gasteiger partial charge in [-0.1, -0.05) is 23.7 Å². The molecule has 2 rings (SSSR count). The molecule has 0 aliphatic heterocycles. The Morgan fingerprint density at radius 3 is 2.59 bits per heavy atom. The number of carbonyl (C=O) groups is 1. The Morgan fingerprint density at radius 2 is 1.95 bits per heavy atom. The van der Waals surface area contributed by atoms with Gasteiger partial charge >= 0.3 is 0 Å². The Labute approximate surface area is 134 Å². The van der Waals surface area contributed by atoms with Crippen LogP contribution in [0.4, 0.5) is 4.39 Å². The van der Waals surface area contributed by atoms with Crippen molar-refractivity contribution < 1.29 is 13.9 Å². The fourth-order valence-corrected chi connectivity index (χ4v) is 2.18. The minimum atomic E-state index is -0.545. The maximum Gasteiger partial charge on any atom is 0.251 e. The van der Waals surface area contributed by atoms with E-state index in [4.69, 9.17) is 16.3 Å². The van der Waals surface area contributed by atoms with Gasteiger partial charge in [0, 0.05) is 17.1 Å². The molecule has 0 atom stereocenters. The second-order valence-electron chi connectivity index (χ2n) is 4.84. The van der Waals surface area contributed by atoms with Crippen LogP contribution in [0.25, 0.3) is 0 Å². The van der Waals surface area contributed by atoms with Gasteiger partial charge in [-0.05, 0) is 48.7 Å². The van der Waals surface area contributed by atoms with Crippen LogP contribution < -0.4 is 10.1 Å². The Morgan fingerprint density at radius 1 is 1.23 bits per heavy atom. The van der Waals surface area contributed by atoms with E-state index in [0.717, 1.165) is 18.4 Å². The van der Waals surface area contributed by atoms with E-state index in [1.807, 2.05) is 24.3 Å². The predicted molar refractivity (Wildman–Crippen MR) is 85.1 cm³/mol. The SMILES string of the molecule is COc1ccc(C(=O)NCCCc2ccc(Cl)cc2)cc1F. The number of aryl methyl sites for hydroxylation is 1. The number of rotatable bonds is 6. The van der Waals surface area contributed by atoms with Crippen LogP contribution in [0.1, 0.15) is 22.3 Å². The first kappa shape index (κ1) is 16.3. The number of methoxy groups -OCH3 is 1. The number of nitrogens with one attached hydrogen (secondary N) is 1. The molecular weight excluding hydrogens is 305 g/mol. The van der Waals surface area contributed by atoms with Crippen molar-refractivity contribution in [2.75, 3.05) is 13.7 Å². The molecular formula is C17H17ClFNO2. The number of hydrogen-bond donors (Lipinski definition) is 1. The minimum Gasteiger partial charge on any atom is -0.494 e. The van der Waals surface area contributed by atoms with Gasteiger partial charge in [-0.15, -0.1) is 0 Å². The van der Waals surface area contributed by atoms with Gasteiger partial charge in [0.15, 0.2) is 11.6 Å². The Kier molecular flexibility index (Phi) is 5.78. The maximum atomic E-state index is 13.5. The van der Waals surface area contributed by atoms with Crippen molar-refractivity contribution in [3.8, 4) is 5.75 Å². The van der Waals surface area contributed by atoms with Crippen molar-refractivity contribution >= 4 is 17.5 Å². The van der Waals surface area contributed by atoms with Crippen LogP contribution in [0.2, 0.25) is 5.02 Å². The molecule has 0 aliphatic rings. The smallest absolute Gasteiger partial charge is 0.251 e. The zero-order chi connectivity index (χ0) is 15.9. The van der Waals surface area contributed by atoms with Crippen LogP contribution in [-0.4, -0.2) is 19.6 Å². The molecule has 0 bridgehead atoms. The molecule has 0 aliphatic carbocycles. The summed E-state index contributed by atoms with van der Waals surface area (Å²) in [5, 5.41) is 3.48. The van der Waals surface area contributed by atoms with Crippen molar-refractivity contribution in [1.29, 1.82) is 0 Å². The molecule has 0 fully saturated rings. The molecule has 2 aromatic rings. The summed E-state index contributed by atoms with van der Waals surface area (Å²) in [6.45, 7) is 0.523. The Balaban J connectivity index is 1.80. The molecule has 1 N–H and O–H groups in total. The zero-order valence-electron chi connectivity index (χ0n) is 12.2. The highest BCUT2D eigenvalue weighted by atomic mass is 35.5. The molecule has 3 nitrogen and oxygen atoms in total. The first-order valence-corrected chi connectivity index (χ1v) is 7.34. The molecule has 0 heterocycles. The van der Waals surface area contributed by atoms with Crippen LogP contribution in [-0.2, 0) is 6.42 Å². The van der Waals surface area contributed by atoms with Gasteiger partial charge in [-0.2, -0.15) is 0 Å². The minimum absolute atomic E-state index is 0.124. The number of benzene rings is 2. The largest absolute Gasteiger partial charge is 0.494 e. The third-order valence-corrected chi connectivity index (χ3v) is 3.51. The van der Waals surface area contributed by atoms with Crippen molar-refractivity contribution in [3.63, 3.8) is 0 Å². The number of carbonyl (C=O) groups excluding carboxylic acids is 1. The number of halogens is 2. The number of amides is 1. The average Bonchev–Trinajstić information content (AvgIpc) is 2.53. The third kappa shape index (κ3) is 4.46. The van der Waals surface area contributed by atoms with Crippen molar-refractivity contribution in [2.45, 2.75) is 12.8 Å². The quantitative estimate of drug-likeness (QED) is 0.821. The van der Waals surface area contributed by atoms with E-state index in [1.165, 1.54) is 25.3 Å². The fourth-order valence-electron chi connectivity index (χ4n) is 2.06. The van der Waals surface area contributed by atoms with Gasteiger partial charge in [0.2, 0.25) is 0 Å². The Bertz CT molecular complexity index is 644. The number of hydrogen-bond acceptors (Lipinski definition) is 2. The van der Waals surface area contributed by atoms with Gasteiger partial charge in [0.25, 0.3) is 5.91 Å². The summed E-state index contributed by atoms with van der Waals surface area (Å²) in [5.74, 6) is -0.715. The summed E-state index contributed by atoms with van der Waals surface area (Å²) >= 11 is 5.82. The van der Waals surface area contributed by atoms with E-state index >= 15 is 0 Å². The van der Waals surface area contributed by atoms with Crippen LogP contribution in [0.15, 0.2) is 42.5 Å². The summed E-state index contributed by atoms with van der Waals surface area (Å²) in [6, 6.07) is 11.8. The lowest BCUT2D eigenvalue weighted by molar-refractivity contribution is 0.0952. The van der Waals surface area contributed by atoms with Crippen molar-refractivity contribution in [2.24, 2.45) is 0 Å². The first-order chi connectivity index (χ1) is 10.6. The average molecular weight is 322 g/mol. The van der Waals surface area contributed by atoms with E-state index in [2.05, 4.69) is 5.32 Å². The monoisotopic (exact) mass is 321 g/mol. The second kappa shape index (κ2) is 7.80. The molecule has 0 radical (unpaired) electrons. The highest BCUT2D eigenvalue weighted by Crippen LogP contribution is 2.17. The molecule has 0 aromatic heterocycles. The van der Waals surface area contributed by atoms with Gasteiger partial charge in [0.05, 0.1) is 7.11 Å². The summed E-state index contributed by atoms with van der Waals surface area (Å²) in [5.41, 5.74) is 1.44. The zero-order valence-corrected chi connectivity index (χ0v) is 13.0. The highest BCUT2D eigenvalue weighted by molar-refractivity contribution is 6.30. The van der Waals surface area contributed by atoms with Crippen LogP contribution in [0.3, 0.4) is 0 Å². The van der Waals surface area contributed by atoms with Gasteiger partial charge in [-0.3, -0.25) is 4.79 Å². The second-order valence-corrected chi connectivity index (χ2v) is 5.27. The lowest BCUT2D eigenvalue weighted by atomic mass is 10.1. The molecule has 5 heteroatoms. The molecule has 116 valence electrons. The standard InChI is InChI=1S/C17H17ClFNO2/c1-22-16-9-6-13(11-15(16)19)17(21)20-10-2-3-12-4-7-14(18)8-5-12/h4-9,11H,2-3,10H2,1H3,(H,20,21). The van der Waals surface area contributed by atoms with E-state index in [1.54, 1.807) is 0 Å². The van der Waals surface area contributed by atoms with Gasteiger partial charge < -0.3 is 10.1 Å². The molecule has 22 heavy (non-hydrogen) atoms. The molecule has 0 unspecified atom stereocenters. The summed E-state index contributed by atoms with van der Waals surface area (Å²) < 4.78 is 18.4. The lowest BCUT2D eigenvalue weighted by Gasteiger charge is -2.07. The third-order valence-electron chi connectivity index (χ3n) is 3.26. The summed E-state index contributed by atoms with van der Waals surface area (Å²) in [6.07, 6.45) is 1.64. The first-order valence-electron chi connectivity index (χ1n) is 6.96. The van der Waals surface area contributed by atoms with Gasteiger partial charge in [-0.25, -0.2) is 4.39 Å². The summed E-state index contributed by atoms with van der Waals surface area (Å²) in [4.78, 5) is 11.9. The van der Waals surface area contributed by atoms with E-state index in [9.17, 15) is 9.18 Å². The maximum absolute atomic E-state index is 13.5. The van der Waals surface area contributed by atoms with Crippen LogP contribution >= 0.6 is 11.6 Å².